The fourth-order valence-electron chi connectivity index (χ4n) is 2.02. The van der Waals surface area contributed by atoms with Crippen molar-refractivity contribution in [3.63, 3.8) is 0 Å². The third-order valence-electron chi connectivity index (χ3n) is 3.47. The summed E-state index contributed by atoms with van der Waals surface area (Å²) in [5.41, 5.74) is 2.66. The molecule has 0 heterocycles. The third kappa shape index (κ3) is 4.59. The number of hydrogen-bond donors (Lipinski definition) is 1. The van der Waals surface area contributed by atoms with E-state index in [0.29, 0.717) is 19.4 Å². The van der Waals surface area contributed by atoms with Crippen molar-refractivity contribution in [1.29, 1.82) is 0 Å². The summed E-state index contributed by atoms with van der Waals surface area (Å²) >= 11 is 0. The van der Waals surface area contributed by atoms with Crippen LogP contribution in [0.4, 0.5) is 0 Å². The molecule has 23 heavy (non-hydrogen) atoms. The zero-order valence-corrected chi connectivity index (χ0v) is 13.0. The summed E-state index contributed by atoms with van der Waals surface area (Å²) in [5.74, 6) is 0.0133. The third-order valence-corrected chi connectivity index (χ3v) is 3.47. The second-order valence-electron chi connectivity index (χ2n) is 5.18. The van der Waals surface area contributed by atoms with E-state index < -0.39 is 11.5 Å². The molecule has 0 radical (unpaired) electrons. The Kier molecular flexibility index (Phi) is 5.39. The predicted molar refractivity (Wildman–Crippen MR) is 86.8 cm³/mol. The van der Waals surface area contributed by atoms with E-state index in [9.17, 15) is 9.59 Å². The maximum Gasteiger partial charge on any atom is 0.331 e. The maximum absolute atomic E-state index is 11.9. The molecule has 5 heteroatoms. The van der Waals surface area contributed by atoms with Crippen LogP contribution in [0.3, 0.4) is 0 Å². The van der Waals surface area contributed by atoms with Crippen molar-refractivity contribution in [2.24, 2.45) is 0 Å². The Morgan fingerprint density at radius 2 is 2.04 bits per heavy atom. The van der Waals surface area contributed by atoms with Crippen LogP contribution in [0, 0.1) is 0 Å². The van der Waals surface area contributed by atoms with E-state index in [2.05, 4.69) is 17.6 Å². The molecule has 0 aliphatic heterocycles. The van der Waals surface area contributed by atoms with E-state index in [0.717, 1.165) is 11.3 Å². The molecular weight excluding hydrogens is 294 g/mol. The molecule has 120 valence electrons. The first-order valence-electron chi connectivity index (χ1n) is 7.25. The summed E-state index contributed by atoms with van der Waals surface area (Å²) < 4.78 is 10.1. The van der Waals surface area contributed by atoms with E-state index in [1.807, 2.05) is 24.3 Å². The Labute approximate surface area is 135 Å². The Bertz CT molecular complexity index is 650. The van der Waals surface area contributed by atoms with Gasteiger partial charge in [0.25, 0.3) is 0 Å². The first kappa shape index (κ1) is 16.6. The van der Waals surface area contributed by atoms with Crippen molar-refractivity contribution in [2.75, 3.05) is 13.7 Å². The van der Waals surface area contributed by atoms with E-state index in [1.165, 1.54) is 13.2 Å². The van der Waals surface area contributed by atoms with Crippen LogP contribution in [0.1, 0.15) is 18.4 Å². The lowest BCUT2D eigenvalue weighted by molar-refractivity contribution is -0.145. The number of carbonyl (C=O) groups excluding carboxylic acids is 2. The smallest absolute Gasteiger partial charge is 0.331 e. The van der Waals surface area contributed by atoms with E-state index in [1.54, 1.807) is 12.2 Å². The molecule has 1 saturated carbocycles. The summed E-state index contributed by atoms with van der Waals surface area (Å²) in [5, 5.41) is 2.69. The Balaban J connectivity index is 1.88. The van der Waals surface area contributed by atoms with Gasteiger partial charge in [-0.1, -0.05) is 18.7 Å². The highest BCUT2D eigenvalue weighted by molar-refractivity contribution is 5.97. The van der Waals surface area contributed by atoms with Crippen molar-refractivity contribution >= 4 is 18.0 Å². The lowest BCUT2D eigenvalue weighted by Gasteiger charge is -2.12. The molecule has 1 aromatic carbocycles. The summed E-state index contributed by atoms with van der Waals surface area (Å²) in [6.07, 6.45) is 6.00. The van der Waals surface area contributed by atoms with Gasteiger partial charge in [-0.3, -0.25) is 4.79 Å². The van der Waals surface area contributed by atoms with Gasteiger partial charge in [0.15, 0.2) is 0 Å². The van der Waals surface area contributed by atoms with Crippen LogP contribution in [0.2, 0.25) is 0 Å². The summed E-state index contributed by atoms with van der Waals surface area (Å²) in [4.78, 5) is 23.5. The first-order chi connectivity index (χ1) is 11.1. The number of nitrogens with one attached hydrogen (secondary N) is 1. The standard InChI is InChI=1S/C18H19NO4/c1-3-4-13-23-15-8-5-14(6-9-15)7-10-16(20)19-18(11-12-18)17(21)22-2/h4-10H,1,11-13H2,2H3,(H,19,20)/b10-7+. The van der Waals surface area contributed by atoms with Crippen LogP contribution >= 0.6 is 0 Å². The van der Waals surface area contributed by atoms with Gasteiger partial charge in [-0.2, -0.15) is 0 Å². The van der Waals surface area contributed by atoms with Gasteiger partial charge in [0.1, 0.15) is 17.9 Å². The Morgan fingerprint density at radius 3 is 2.61 bits per heavy atom. The fraction of sp³-hybridized carbons (Fsp3) is 0.278. The van der Waals surface area contributed by atoms with Gasteiger partial charge < -0.3 is 14.8 Å². The van der Waals surface area contributed by atoms with Crippen molar-refractivity contribution in [2.45, 2.75) is 18.4 Å². The molecule has 0 bridgehead atoms. The molecule has 5 nitrogen and oxygen atoms in total. The second-order valence-corrected chi connectivity index (χ2v) is 5.18. The van der Waals surface area contributed by atoms with Crippen molar-refractivity contribution in [3.05, 3.63) is 54.3 Å². The van der Waals surface area contributed by atoms with E-state index >= 15 is 0 Å². The summed E-state index contributed by atoms with van der Waals surface area (Å²) in [6.45, 7) is 3.87. The SMILES string of the molecule is C=C=CCOc1ccc(/C=C/C(=O)NC2(C(=O)OC)CC2)cc1. The van der Waals surface area contributed by atoms with Crippen LogP contribution in [-0.2, 0) is 14.3 Å². The topological polar surface area (TPSA) is 64.6 Å². The number of esters is 1. The quantitative estimate of drug-likeness (QED) is 0.476. The molecule has 1 amide bonds. The van der Waals surface area contributed by atoms with Crippen LogP contribution in [0.5, 0.6) is 5.75 Å². The average Bonchev–Trinajstić information content (AvgIpc) is 3.34. The van der Waals surface area contributed by atoms with Gasteiger partial charge in [-0.25, -0.2) is 4.79 Å². The molecule has 1 aliphatic carbocycles. The predicted octanol–water partition coefficient (Wildman–Crippen LogP) is 2.24. The zero-order valence-electron chi connectivity index (χ0n) is 13.0. The lowest BCUT2D eigenvalue weighted by atomic mass is 10.2. The molecule has 0 spiro atoms. The largest absolute Gasteiger partial charge is 0.489 e. The molecule has 1 aromatic rings. The van der Waals surface area contributed by atoms with Gasteiger partial charge >= 0.3 is 5.97 Å². The minimum Gasteiger partial charge on any atom is -0.489 e. The molecule has 1 fully saturated rings. The maximum atomic E-state index is 11.9. The van der Waals surface area contributed by atoms with Gasteiger partial charge in [0.05, 0.1) is 7.11 Å². The fourth-order valence-corrected chi connectivity index (χ4v) is 2.02. The minimum atomic E-state index is -0.827. The highest BCUT2D eigenvalue weighted by Gasteiger charge is 2.52. The Morgan fingerprint density at radius 1 is 1.35 bits per heavy atom. The number of benzene rings is 1. The highest BCUT2D eigenvalue weighted by Crippen LogP contribution is 2.36. The molecule has 1 N–H and O–H groups in total. The Hall–Kier alpha value is -2.78. The van der Waals surface area contributed by atoms with Crippen molar-refractivity contribution < 1.29 is 19.1 Å². The minimum absolute atomic E-state index is 0.315. The number of hydrogen-bond acceptors (Lipinski definition) is 4. The molecule has 0 aromatic heterocycles. The van der Waals surface area contributed by atoms with Gasteiger partial charge in [0, 0.05) is 6.08 Å². The molecule has 2 rings (SSSR count). The zero-order chi connectivity index (χ0) is 16.7. The number of carbonyl (C=O) groups is 2. The van der Waals surface area contributed by atoms with Crippen LogP contribution in [0.15, 0.2) is 48.7 Å². The van der Waals surface area contributed by atoms with Crippen LogP contribution in [-0.4, -0.2) is 31.1 Å². The average molecular weight is 313 g/mol. The van der Waals surface area contributed by atoms with Gasteiger partial charge in [-0.15, -0.1) is 5.73 Å². The lowest BCUT2D eigenvalue weighted by Crippen LogP contribution is -2.43. The number of methoxy groups -OCH3 is 1. The first-order valence-corrected chi connectivity index (χ1v) is 7.25. The molecular formula is C18H19NO4. The number of amides is 1. The van der Waals surface area contributed by atoms with Gasteiger partial charge in [-0.05, 0) is 42.7 Å². The molecule has 0 atom stereocenters. The number of rotatable bonds is 7. The normalized spacial score (nSPS) is 14.7. The van der Waals surface area contributed by atoms with Crippen LogP contribution in [0.25, 0.3) is 6.08 Å². The molecule has 1 aliphatic rings. The number of ether oxygens (including phenoxy) is 2. The summed E-state index contributed by atoms with van der Waals surface area (Å²) in [6, 6.07) is 7.30. The van der Waals surface area contributed by atoms with Crippen molar-refractivity contribution in [3.8, 4) is 5.75 Å². The van der Waals surface area contributed by atoms with E-state index in [-0.39, 0.29) is 5.91 Å². The van der Waals surface area contributed by atoms with Crippen molar-refractivity contribution in [1.82, 2.24) is 5.32 Å². The second kappa shape index (κ2) is 7.47. The molecule has 0 saturated heterocycles. The monoisotopic (exact) mass is 313 g/mol. The van der Waals surface area contributed by atoms with Gasteiger partial charge in [0.2, 0.25) is 5.91 Å². The summed E-state index contributed by atoms with van der Waals surface area (Å²) in [7, 11) is 1.32. The van der Waals surface area contributed by atoms with E-state index in [4.69, 9.17) is 9.47 Å². The molecule has 0 unspecified atom stereocenters. The highest BCUT2D eigenvalue weighted by atomic mass is 16.5. The van der Waals surface area contributed by atoms with Crippen LogP contribution < -0.4 is 10.1 Å².